The monoisotopic (exact) mass is 382 g/mol. The van der Waals surface area contributed by atoms with Gasteiger partial charge in [-0.25, -0.2) is 4.79 Å². The Morgan fingerprint density at radius 1 is 1.00 bits per heavy atom. The van der Waals surface area contributed by atoms with Gasteiger partial charge in [0, 0.05) is 19.1 Å². The summed E-state index contributed by atoms with van der Waals surface area (Å²) in [6, 6.07) is 3.93. The Hall–Kier alpha value is -1.01. The molecule has 1 aromatic carbocycles. The number of halogens is 2. The van der Waals surface area contributed by atoms with Gasteiger partial charge in [-0.3, -0.25) is 9.13 Å². The van der Waals surface area contributed by atoms with Crippen LogP contribution < -0.4 is 11.0 Å². The van der Waals surface area contributed by atoms with Gasteiger partial charge in [0.1, 0.15) is 0 Å². The number of aromatic nitrogens is 2. The zero-order valence-corrected chi connectivity index (χ0v) is 15.8. The molecule has 136 valence electrons. The number of nitrogens with zero attached hydrogens (tertiary/aromatic N) is 3. The second-order valence-corrected chi connectivity index (χ2v) is 7.90. The Bertz CT molecular complexity index is 817. The molecule has 0 saturated carbocycles. The van der Waals surface area contributed by atoms with Crippen LogP contribution in [0, 0.1) is 0 Å². The lowest BCUT2D eigenvalue weighted by atomic mass is 10.1. The quantitative estimate of drug-likeness (QED) is 0.882. The Labute approximate surface area is 157 Å². The fourth-order valence-electron chi connectivity index (χ4n) is 4.15. The average Bonchev–Trinajstić information content (AvgIpc) is 3.21. The molecule has 0 unspecified atom stereocenters. The second kappa shape index (κ2) is 7.31. The second-order valence-electron chi connectivity index (χ2n) is 7.09. The summed E-state index contributed by atoms with van der Waals surface area (Å²) in [5, 5.41) is 4.38. The van der Waals surface area contributed by atoms with Gasteiger partial charge in [-0.1, -0.05) is 23.2 Å². The molecule has 0 aliphatic carbocycles. The summed E-state index contributed by atoms with van der Waals surface area (Å²) in [5.41, 5.74) is 1.88. The molecule has 2 saturated heterocycles. The van der Waals surface area contributed by atoms with Crippen LogP contribution in [0.4, 0.5) is 0 Å². The van der Waals surface area contributed by atoms with E-state index in [1.807, 2.05) is 21.3 Å². The first-order valence-corrected chi connectivity index (χ1v) is 9.93. The number of imidazole rings is 1. The molecule has 2 aliphatic rings. The Balaban J connectivity index is 1.76. The van der Waals surface area contributed by atoms with Crippen LogP contribution in [-0.4, -0.2) is 46.8 Å². The van der Waals surface area contributed by atoms with E-state index in [1.165, 1.54) is 12.8 Å². The van der Waals surface area contributed by atoms with Gasteiger partial charge >= 0.3 is 5.69 Å². The van der Waals surface area contributed by atoms with Gasteiger partial charge in [0.15, 0.2) is 0 Å². The summed E-state index contributed by atoms with van der Waals surface area (Å²) in [7, 11) is 0. The molecule has 4 rings (SSSR count). The molecule has 0 spiro atoms. The van der Waals surface area contributed by atoms with Crippen LogP contribution in [0.2, 0.25) is 10.0 Å². The van der Waals surface area contributed by atoms with Crippen molar-refractivity contribution in [3.8, 4) is 0 Å². The lowest BCUT2D eigenvalue weighted by Crippen LogP contribution is -2.36. The number of likely N-dealkylation sites (tertiary alicyclic amines) is 1. The van der Waals surface area contributed by atoms with Crippen molar-refractivity contribution in [1.29, 1.82) is 0 Å². The van der Waals surface area contributed by atoms with Crippen molar-refractivity contribution < 1.29 is 0 Å². The summed E-state index contributed by atoms with van der Waals surface area (Å²) >= 11 is 12.5. The van der Waals surface area contributed by atoms with Crippen LogP contribution in [0.3, 0.4) is 0 Å². The maximum Gasteiger partial charge on any atom is 0.329 e. The topological polar surface area (TPSA) is 42.2 Å². The van der Waals surface area contributed by atoms with Gasteiger partial charge in [-0.2, -0.15) is 0 Å². The lowest BCUT2D eigenvalue weighted by molar-refractivity contribution is 0.318. The van der Waals surface area contributed by atoms with Crippen molar-refractivity contribution >= 4 is 34.2 Å². The minimum Gasteiger partial charge on any atom is -0.317 e. The van der Waals surface area contributed by atoms with Gasteiger partial charge in [-0.05, 0) is 64.0 Å². The molecule has 3 heterocycles. The molecule has 0 atom stereocenters. The van der Waals surface area contributed by atoms with Crippen molar-refractivity contribution in [1.82, 2.24) is 19.4 Å². The molecule has 2 aliphatic heterocycles. The van der Waals surface area contributed by atoms with E-state index in [2.05, 4.69) is 10.2 Å². The highest BCUT2D eigenvalue weighted by atomic mass is 35.5. The van der Waals surface area contributed by atoms with E-state index < -0.39 is 0 Å². The molecule has 7 heteroatoms. The van der Waals surface area contributed by atoms with Crippen LogP contribution >= 0.6 is 23.2 Å². The summed E-state index contributed by atoms with van der Waals surface area (Å²) in [4.78, 5) is 15.6. The summed E-state index contributed by atoms with van der Waals surface area (Å²) < 4.78 is 3.83. The molecule has 1 aromatic heterocycles. The van der Waals surface area contributed by atoms with Crippen LogP contribution in [0.1, 0.15) is 31.7 Å². The van der Waals surface area contributed by atoms with E-state index in [-0.39, 0.29) is 11.7 Å². The zero-order chi connectivity index (χ0) is 17.4. The van der Waals surface area contributed by atoms with E-state index >= 15 is 0 Å². The molecule has 0 amide bonds. The lowest BCUT2D eigenvalue weighted by Gasteiger charge is -2.24. The molecule has 2 aromatic rings. The number of nitrogens with one attached hydrogen (secondary N) is 1. The number of piperidine rings is 1. The highest BCUT2D eigenvalue weighted by Crippen LogP contribution is 2.30. The van der Waals surface area contributed by atoms with E-state index in [4.69, 9.17) is 23.2 Å². The number of hydrogen-bond acceptors (Lipinski definition) is 3. The standard InChI is InChI=1S/C18H24Cl2N4O/c19-14-11-16-17(12-15(14)20)24(13-3-5-21-6-4-13)18(25)23(16)10-9-22-7-1-2-8-22/h11-13,21H,1-10H2. The fourth-order valence-corrected chi connectivity index (χ4v) is 4.47. The molecule has 2 fully saturated rings. The van der Waals surface area contributed by atoms with Gasteiger partial charge < -0.3 is 10.2 Å². The van der Waals surface area contributed by atoms with Crippen molar-refractivity contribution in [3.05, 3.63) is 32.7 Å². The fraction of sp³-hybridized carbons (Fsp3) is 0.611. The third-order valence-corrected chi connectivity index (χ3v) is 6.24. The van der Waals surface area contributed by atoms with Crippen LogP contribution in [0.5, 0.6) is 0 Å². The first-order valence-electron chi connectivity index (χ1n) is 9.18. The van der Waals surface area contributed by atoms with Gasteiger partial charge in [-0.15, -0.1) is 0 Å². The van der Waals surface area contributed by atoms with Gasteiger partial charge in [0.25, 0.3) is 0 Å². The minimum atomic E-state index is 0.0689. The minimum absolute atomic E-state index is 0.0689. The first kappa shape index (κ1) is 17.4. The highest BCUT2D eigenvalue weighted by Gasteiger charge is 2.23. The van der Waals surface area contributed by atoms with E-state index in [0.717, 1.165) is 56.6 Å². The molecule has 0 bridgehead atoms. The smallest absolute Gasteiger partial charge is 0.317 e. The normalized spacial score (nSPS) is 19.9. The van der Waals surface area contributed by atoms with Crippen molar-refractivity contribution in [2.75, 3.05) is 32.7 Å². The average molecular weight is 383 g/mol. The summed E-state index contributed by atoms with van der Waals surface area (Å²) in [6.07, 6.45) is 4.44. The van der Waals surface area contributed by atoms with E-state index in [0.29, 0.717) is 16.6 Å². The van der Waals surface area contributed by atoms with E-state index in [1.54, 1.807) is 0 Å². The number of benzene rings is 1. The SMILES string of the molecule is O=c1n(CCN2CCCC2)c2cc(Cl)c(Cl)cc2n1C1CCNCC1. The van der Waals surface area contributed by atoms with Crippen molar-refractivity contribution in [2.45, 2.75) is 38.3 Å². The summed E-state index contributed by atoms with van der Waals surface area (Å²) in [6.45, 7) is 5.76. The predicted octanol–water partition coefficient (Wildman–Crippen LogP) is 3.13. The predicted molar refractivity (Wildman–Crippen MR) is 103 cm³/mol. The molecular formula is C18H24Cl2N4O. The Morgan fingerprint density at radius 3 is 2.32 bits per heavy atom. The number of rotatable bonds is 4. The molecule has 5 nitrogen and oxygen atoms in total. The van der Waals surface area contributed by atoms with E-state index in [9.17, 15) is 4.79 Å². The molecule has 0 radical (unpaired) electrons. The van der Waals surface area contributed by atoms with Gasteiger partial charge in [0.05, 0.1) is 21.1 Å². The zero-order valence-electron chi connectivity index (χ0n) is 14.3. The third-order valence-electron chi connectivity index (χ3n) is 5.52. The van der Waals surface area contributed by atoms with Crippen molar-refractivity contribution in [2.24, 2.45) is 0 Å². The van der Waals surface area contributed by atoms with Crippen molar-refractivity contribution in [3.63, 3.8) is 0 Å². The first-order chi connectivity index (χ1) is 12.1. The maximum absolute atomic E-state index is 13.2. The number of hydrogen-bond donors (Lipinski definition) is 1. The van der Waals surface area contributed by atoms with Crippen LogP contribution in [0.15, 0.2) is 16.9 Å². The third kappa shape index (κ3) is 3.35. The van der Waals surface area contributed by atoms with Gasteiger partial charge in [0.2, 0.25) is 0 Å². The maximum atomic E-state index is 13.2. The molecule has 1 N–H and O–H groups in total. The van der Waals surface area contributed by atoms with Crippen LogP contribution in [0.25, 0.3) is 11.0 Å². The Kier molecular flexibility index (Phi) is 5.09. The molecule has 25 heavy (non-hydrogen) atoms. The largest absolute Gasteiger partial charge is 0.329 e. The highest BCUT2D eigenvalue weighted by molar-refractivity contribution is 6.42. The van der Waals surface area contributed by atoms with Crippen LogP contribution in [-0.2, 0) is 6.54 Å². The number of fused-ring (bicyclic) bond motifs is 1. The summed E-state index contributed by atoms with van der Waals surface area (Å²) in [5.74, 6) is 0. The Morgan fingerprint density at radius 2 is 1.64 bits per heavy atom. The molecular weight excluding hydrogens is 359 g/mol.